The first kappa shape index (κ1) is 20.7. The second kappa shape index (κ2) is 10.5. The van der Waals surface area contributed by atoms with Gasteiger partial charge in [0.25, 0.3) is 0 Å². The summed E-state index contributed by atoms with van der Waals surface area (Å²) in [6.45, 7) is 1.17. The number of methoxy groups -OCH3 is 1. The minimum atomic E-state index is 0. The van der Waals surface area contributed by atoms with Crippen LogP contribution >= 0.6 is 24.0 Å². The molecule has 3 aromatic rings. The Balaban J connectivity index is 0.00000261. The molecule has 0 aliphatic carbocycles. The van der Waals surface area contributed by atoms with Gasteiger partial charge in [-0.05, 0) is 29.8 Å². The van der Waals surface area contributed by atoms with Crippen LogP contribution < -0.4 is 15.4 Å². The number of hydrogen-bond acceptors (Lipinski definition) is 4. The van der Waals surface area contributed by atoms with Crippen LogP contribution in [0.5, 0.6) is 5.75 Å². The van der Waals surface area contributed by atoms with Gasteiger partial charge in [0.1, 0.15) is 12.1 Å². The summed E-state index contributed by atoms with van der Waals surface area (Å²) in [5.74, 6) is 2.35. The van der Waals surface area contributed by atoms with Crippen LogP contribution in [-0.4, -0.2) is 34.9 Å². The van der Waals surface area contributed by atoms with Crippen LogP contribution in [0.2, 0.25) is 0 Å². The number of aromatic nitrogens is 3. The number of aliphatic imine (C=N–C) groups is 1. The van der Waals surface area contributed by atoms with Crippen molar-refractivity contribution in [3.05, 3.63) is 72.3 Å². The van der Waals surface area contributed by atoms with Crippen molar-refractivity contribution >= 4 is 29.9 Å². The minimum Gasteiger partial charge on any atom is -0.497 e. The molecule has 142 valence electrons. The largest absolute Gasteiger partial charge is 0.497 e. The van der Waals surface area contributed by atoms with Gasteiger partial charge in [0.05, 0.1) is 13.7 Å². The lowest BCUT2D eigenvalue weighted by Gasteiger charge is -2.12. The minimum absolute atomic E-state index is 0. The maximum Gasteiger partial charge on any atom is 0.191 e. The summed E-state index contributed by atoms with van der Waals surface area (Å²) in [4.78, 5) is 4.25. The van der Waals surface area contributed by atoms with Crippen molar-refractivity contribution in [3.63, 3.8) is 0 Å². The third kappa shape index (κ3) is 5.68. The van der Waals surface area contributed by atoms with Gasteiger partial charge in [-0.25, -0.2) is 0 Å². The van der Waals surface area contributed by atoms with Gasteiger partial charge < -0.3 is 15.4 Å². The van der Waals surface area contributed by atoms with Crippen molar-refractivity contribution in [1.82, 2.24) is 25.4 Å². The van der Waals surface area contributed by atoms with E-state index in [0.717, 1.165) is 22.8 Å². The Kier molecular flexibility index (Phi) is 8.05. The van der Waals surface area contributed by atoms with E-state index >= 15 is 0 Å². The standard InChI is InChI=1S/C19H22N6O.HI/c1-20-19(21-12-15-8-10-17(26-2)11-9-15)22-13-18-24-23-14-25(18)16-6-4-3-5-7-16;/h3-11,14H,12-13H2,1-2H3,(H2,20,21,22);1H. The number of halogens is 1. The van der Waals surface area contributed by atoms with Crippen molar-refractivity contribution in [2.45, 2.75) is 13.1 Å². The highest BCUT2D eigenvalue weighted by Crippen LogP contribution is 2.11. The summed E-state index contributed by atoms with van der Waals surface area (Å²) < 4.78 is 7.12. The van der Waals surface area contributed by atoms with E-state index in [1.54, 1.807) is 20.5 Å². The van der Waals surface area contributed by atoms with Crippen LogP contribution in [0.1, 0.15) is 11.4 Å². The summed E-state index contributed by atoms with van der Waals surface area (Å²) in [5, 5.41) is 14.8. The molecule has 0 aliphatic heterocycles. The summed E-state index contributed by atoms with van der Waals surface area (Å²) in [5.41, 5.74) is 2.16. The molecule has 2 aromatic carbocycles. The third-order valence-electron chi connectivity index (χ3n) is 3.91. The highest BCUT2D eigenvalue weighted by molar-refractivity contribution is 14.0. The number of nitrogens with zero attached hydrogens (tertiary/aromatic N) is 4. The van der Waals surface area contributed by atoms with Gasteiger partial charge in [-0.15, -0.1) is 34.2 Å². The van der Waals surface area contributed by atoms with E-state index in [1.807, 2.05) is 59.2 Å². The van der Waals surface area contributed by atoms with Gasteiger partial charge in [0, 0.05) is 19.3 Å². The average molecular weight is 478 g/mol. The topological polar surface area (TPSA) is 76.4 Å². The molecule has 0 atom stereocenters. The van der Waals surface area contributed by atoms with Gasteiger partial charge in [-0.1, -0.05) is 30.3 Å². The molecule has 0 saturated heterocycles. The lowest BCUT2D eigenvalue weighted by molar-refractivity contribution is 0.414. The maximum absolute atomic E-state index is 5.17. The Hall–Kier alpha value is -2.62. The number of para-hydroxylation sites is 1. The Labute approximate surface area is 175 Å². The lowest BCUT2D eigenvalue weighted by Crippen LogP contribution is -2.36. The first-order valence-electron chi connectivity index (χ1n) is 8.32. The van der Waals surface area contributed by atoms with Crippen molar-refractivity contribution in [2.24, 2.45) is 4.99 Å². The first-order chi connectivity index (χ1) is 12.8. The Morgan fingerprint density at radius 3 is 2.41 bits per heavy atom. The fraction of sp³-hybridized carbons (Fsp3) is 0.211. The van der Waals surface area contributed by atoms with Crippen LogP contribution in [0.4, 0.5) is 0 Å². The molecule has 2 N–H and O–H groups in total. The zero-order valence-electron chi connectivity index (χ0n) is 15.3. The molecule has 0 fully saturated rings. The van der Waals surface area contributed by atoms with E-state index < -0.39 is 0 Å². The second-order valence-corrected chi connectivity index (χ2v) is 5.58. The normalized spacial score (nSPS) is 10.8. The van der Waals surface area contributed by atoms with Crippen LogP contribution in [-0.2, 0) is 13.1 Å². The SMILES string of the molecule is CN=C(NCc1ccc(OC)cc1)NCc1nncn1-c1ccccc1.I. The van der Waals surface area contributed by atoms with Gasteiger partial charge in [0.2, 0.25) is 0 Å². The maximum atomic E-state index is 5.17. The fourth-order valence-electron chi connectivity index (χ4n) is 2.50. The number of hydrogen-bond donors (Lipinski definition) is 2. The van der Waals surface area contributed by atoms with Gasteiger partial charge in [-0.3, -0.25) is 9.56 Å². The van der Waals surface area contributed by atoms with Crippen LogP contribution in [0, 0.1) is 0 Å². The van der Waals surface area contributed by atoms with E-state index in [-0.39, 0.29) is 24.0 Å². The Bertz CT molecular complexity index is 848. The zero-order valence-corrected chi connectivity index (χ0v) is 17.6. The molecule has 0 bridgehead atoms. The monoisotopic (exact) mass is 478 g/mol. The van der Waals surface area contributed by atoms with Crippen LogP contribution in [0.15, 0.2) is 65.9 Å². The van der Waals surface area contributed by atoms with E-state index in [2.05, 4.69) is 25.8 Å². The molecule has 0 saturated carbocycles. The number of benzene rings is 2. The quantitative estimate of drug-likeness (QED) is 0.324. The van der Waals surface area contributed by atoms with Crippen molar-refractivity contribution < 1.29 is 4.74 Å². The molecule has 0 aliphatic rings. The predicted molar refractivity (Wildman–Crippen MR) is 117 cm³/mol. The van der Waals surface area contributed by atoms with E-state index in [0.29, 0.717) is 19.0 Å². The van der Waals surface area contributed by atoms with Crippen molar-refractivity contribution in [2.75, 3.05) is 14.2 Å². The van der Waals surface area contributed by atoms with Crippen LogP contribution in [0.25, 0.3) is 5.69 Å². The number of nitrogens with one attached hydrogen (secondary N) is 2. The number of ether oxygens (including phenoxy) is 1. The molecule has 8 heteroatoms. The molecular formula is C19H23IN6O. The first-order valence-corrected chi connectivity index (χ1v) is 8.32. The number of guanidine groups is 1. The van der Waals surface area contributed by atoms with Crippen LogP contribution in [0.3, 0.4) is 0 Å². The third-order valence-corrected chi connectivity index (χ3v) is 3.91. The second-order valence-electron chi connectivity index (χ2n) is 5.58. The zero-order chi connectivity index (χ0) is 18.2. The highest BCUT2D eigenvalue weighted by atomic mass is 127. The Morgan fingerprint density at radius 2 is 1.74 bits per heavy atom. The van der Waals surface area contributed by atoms with E-state index in [9.17, 15) is 0 Å². The molecule has 0 spiro atoms. The molecule has 27 heavy (non-hydrogen) atoms. The Morgan fingerprint density at radius 1 is 1.04 bits per heavy atom. The van der Waals surface area contributed by atoms with Gasteiger partial charge in [-0.2, -0.15) is 0 Å². The van der Waals surface area contributed by atoms with Crippen molar-refractivity contribution in [3.8, 4) is 11.4 Å². The van der Waals surface area contributed by atoms with E-state index in [1.165, 1.54) is 0 Å². The molecule has 1 aromatic heterocycles. The summed E-state index contributed by atoms with van der Waals surface area (Å²) in [6.07, 6.45) is 1.71. The number of rotatable bonds is 6. The molecule has 7 nitrogen and oxygen atoms in total. The summed E-state index contributed by atoms with van der Waals surface area (Å²) in [7, 11) is 3.40. The molecular weight excluding hydrogens is 455 g/mol. The van der Waals surface area contributed by atoms with E-state index in [4.69, 9.17) is 4.74 Å². The predicted octanol–water partition coefficient (Wildman–Crippen LogP) is 2.76. The average Bonchev–Trinajstić information content (AvgIpc) is 3.18. The van der Waals surface area contributed by atoms with Crippen molar-refractivity contribution in [1.29, 1.82) is 0 Å². The van der Waals surface area contributed by atoms with Gasteiger partial charge in [0.15, 0.2) is 11.8 Å². The molecule has 0 unspecified atom stereocenters. The molecule has 0 radical (unpaired) electrons. The summed E-state index contributed by atoms with van der Waals surface area (Å²) in [6, 6.07) is 17.9. The molecule has 0 amide bonds. The molecule has 1 heterocycles. The summed E-state index contributed by atoms with van der Waals surface area (Å²) >= 11 is 0. The lowest BCUT2D eigenvalue weighted by atomic mass is 10.2. The smallest absolute Gasteiger partial charge is 0.191 e. The molecule has 3 rings (SSSR count). The van der Waals surface area contributed by atoms with Gasteiger partial charge >= 0.3 is 0 Å². The fourth-order valence-corrected chi connectivity index (χ4v) is 2.50. The highest BCUT2D eigenvalue weighted by Gasteiger charge is 2.07.